The third-order valence-corrected chi connectivity index (χ3v) is 4.58. The Morgan fingerprint density at radius 1 is 1.42 bits per heavy atom. The van der Waals surface area contributed by atoms with E-state index in [1.165, 1.54) is 18.9 Å². The van der Waals surface area contributed by atoms with Crippen LogP contribution in [-0.2, 0) is 11.3 Å². The van der Waals surface area contributed by atoms with Crippen molar-refractivity contribution in [1.82, 2.24) is 15.1 Å². The van der Waals surface area contributed by atoms with Gasteiger partial charge in [-0.15, -0.1) is 0 Å². The van der Waals surface area contributed by atoms with E-state index in [-0.39, 0.29) is 18.4 Å². The lowest BCUT2D eigenvalue weighted by Crippen LogP contribution is -2.48. The van der Waals surface area contributed by atoms with E-state index in [2.05, 4.69) is 17.3 Å². The molecule has 5 nitrogen and oxygen atoms in total. The van der Waals surface area contributed by atoms with Crippen molar-refractivity contribution in [3.05, 3.63) is 35.6 Å². The van der Waals surface area contributed by atoms with Crippen molar-refractivity contribution in [2.45, 2.75) is 31.8 Å². The number of likely N-dealkylation sites (tertiary alicyclic amines) is 1. The maximum absolute atomic E-state index is 13.9. The SMILES string of the molecule is COCCN(Cc1ccccc1F)C(=O)NC[C@H]1CCCCN1C. The average molecular weight is 337 g/mol. The van der Waals surface area contributed by atoms with E-state index in [0.29, 0.717) is 31.3 Å². The Morgan fingerprint density at radius 2 is 2.21 bits per heavy atom. The van der Waals surface area contributed by atoms with E-state index in [1.807, 2.05) is 0 Å². The predicted octanol–water partition coefficient (Wildman–Crippen LogP) is 2.47. The minimum atomic E-state index is -0.292. The molecular weight excluding hydrogens is 309 g/mol. The number of likely N-dealkylation sites (N-methyl/N-ethyl adjacent to an activating group) is 1. The van der Waals surface area contributed by atoms with Crippen molar-refractivity contribution in [1.29, 1.82) is 0 Å². The first kappa shape index (κ1) is 18.7. The van der Waals surface area contributed by atoms with Gasteiger partial charge in [-0.3, -0.25) is 0 Å². The van der Waals surface area contributed by atoms with E-state index in [9.17, 15) is 9.18 Å². The molecule has 0 aliphatic carbocycles. The number of benzene rings is 1. The molecular formula is C18H28FN3O2. The Morgan fingerprint density at radius 3 is 2.92 bits per heavy atom. The number of methoxy groups -OCH3 is 1. The first-order valence-electron chi connectivity index (χ1n) is 8.57. The van der Waals surface area contributed by atoms with Crippen LogP contribution in [0.2, 0.25) is 0 Å². The van der Waals surface area contributed by atoms with Gasteiger partial charge in [0.05, 0.1) is 13.2 Å². The highest BCUT2D eigenvalue weighted by Gasteiger charge is 2.21. The van der Waals surface area contributed by atoms with Gasteiger partial charge >= 0.3 is 6.03 Å². The number of urea groups is 1. The van der Waals surface area contributed by atoms with Gasteiger partial charge in [-0.2, -0.15) is 0 Å². The Balaban J connectivity index is 1.93. The van der Waals surface area contributed by atoms with E-state index in [1.54, 1.807) is 30.2 Å². The summed E-state index contributed by atoms with van der Waals surface area (Å²) in [6.45, 7) is 2.78. The molecule has 0 unspecified atom stereocenters. The Labute approximate surface area is 143 Å². The molecule has 2 rings (SSSR count). The third kappa shape index (κ3) is 5.46. The predicted molar refractivity (Wildman–Crippen MR) is 92.4 cm³/mol. The number of amides is 2. The Hall–Kier alpha value is -1.66. The summed E-state index contributed by atoms with van der Waals surface area (Å²) in [5.41, 5.74) is 0.513. The van der Waals surface area contributed by atoms with Gasteiger partial charge < -0.3 is 19.9 Å². The van der Waals surface area contributed by atoms with Crippen molar-refractivity contribution in [3.8, 4) is 0 Å². The lowest BCUT2D eigenvalue weighted by molar-refractivity contribution is 0.140. The fraction of sp³-hybridized carbons (Fsp3) is 0.611. The van der Waals surface area contributed by atoms with E-state index in [0.717, 1.165) is 13.0 Å². The molecule has 6 heteroatoms. The highest BCUT2D eigenvalue weighted by atomic mass is 19.1. The van der Waals surface area contributed by atoms with Crippen LogP contribution in [0.15, 0.2) is 24.3 Å². The number of carbonyl (C=O) groups is 1. The van der Waals surface area contributed by atoms with Crippen molar-refractivity contribution < 1.29 is 13.9 Å². The first-order chi connectivity index (χ1) is 11.6. The molecule has 1 fully saturated rings. The van der Waals surface area contributed by atoms with Gasteiger partial charge in [-0.1, -0.05) is 24.6 Å². The molecule has 134 valence electrons. The molecule has 1 atom stereocenters. The van der Waals surface area contributed by atoms with Gasteiger partial charge in [0, 0.05) is 31.8 Å². The maximum atomic E-state index is 13.9. The van der Waals surface area contributed by atoms with Gasteiger partial charge in [0.2, 0.25) is 0 Å². The summed E-state index contributed by atoms with van der Waals surface area (Å²) in [5, 5.41) is 3.00. The highest BCUT2D eigenvalue weighted by Crippen LogP contribution is 2.14. The van der Waals surface area contributed by atoms with Crippen molar-refractivity contribution in [2.75, 3.05) is 40.4 Å². The molecule has 0 spiro atoms. The molecule has 0 saturated carbocycles. The van der Waals surface area contributed by atoms with Crippen LogP contribution in [-0.4, -0.2) is 62.3 Å². The molecule has 0 aromatic heterocycles. The van der Waals surface area contributed by atoms with E-state index in [4.69, 9.17) is 4.74 Å². The number of rotatable bonds is 7. The minimum Gasteiger partial charge on any atom is -0.383 e. The van der Waals surface area contributed by atoms with Crippen LogP contribution in [0.5, 0.6) is 0 Å². The zero-order valence-electron chi connectivity index (χ0n) is 14.6. The van der Waals surface area contributed by atoms with Crippen LogP contribution < -0.4 is 5.32 Å². The summed E-state index contributed by atoms with van der Waals surface area (Å²) in [6.07, 6.45) is 3.52. The number of hydrogen-bond acceptors (Lipinski definition) is 3. The van der Waals surface area contributed by atoms with Gasteiger partial charge in [0.15, 0.2) is 0 Å². The molecule has 24 heavy (non-hydrogen) atoms. The summed E-state index contributed by atoms with van der Waals surface area (Å²) in [6, 6.07) is 6.75. The lowest BCUT2D eigenvalue weighted by Gasteiger charge is -2.33. The normalized spacial score (nSPS) is 18.4. The zero-order valence-corrected chi connectivity index (χ0v) is 14.6. The monoisotopic (exact) mass is 337 g/mol. The zero-order chi connectivity index (χ0) is 17.4. The largest absolute Gasteiger partial charge is 0.383 e. The van der Waals surface area contributed by atoms with Crippen LogP contribution in [0.4, 0.5) is 9.18 Å². The molecule has 1 aromatic carbocycles. The molecule has 0 radical (unpaired) electrons. The lowest BCUT2D eigenvalue weighted by atomic mass is 10.0. The van der Waals surface area contributed by atoms with Crippen molar-refractivity contribution in [3.63, 3.8) is 0 Å². The molecule has 1 aliphatic rings. The van der Waals surface area contributed by atoms with Gasteiger partial charge in [0.25, 0.3) is 0 Å². The summed E-state index contributed by atoms with van der Waals surface area (Å²) >= 11 is 0. The fourth-order valence-electron chi connectivity index (χ4n) is 3.01. The van der Waals surface area contributed by atoms with Crippen LogP contribution in [0.25, 0.3) is 0 Å². The second-order valence-corrected chi connectivity index (χ2v) is 6.32. The van der Waals surface area contributed by atoms with Crippen molar-refractivity contribution >= 4 is 6.03 Å². The number of hydrogen-bond donors (Lipinski definition) is 1. The second kappa shape index (κ2) is 9.59. The molecule has 1 aromatic rings. The van der Waals surface area contributed by atoms with Gasteiger partial charge in [-0.05, 0) is 32.5 Å². The first-order valence-corrected chi connectivity index (χ1v) is 8.57. The van der Waals surface area contributed by atoms with Crippen molar-refractivity contribution in [2.24, 2.45) is 0 Å². The molecule has 2 amide bonds. The smallest absolute Gasteiger partial charge is 0.317 e. The molecule has 0 bridgehead atoms. The average Bonchev–Trinajstić information content (AvgIpc) is 2.59. The highest BCUT2D eigenvalue weighted by molar-refractivity contribution is 5.74. The Bertz CT molecular complexity index is 527. The molecule has 1 N–H and O–H groups in total. The van der Waals surface area contributed by atoms with E-state index < -0.39 is 0 Å². The topological polar surface area (TPSA) is 44.8 Å². The summed E-state index contributed by atoms with van der Waals surface area (Å²) < 4.78 is 18.9. The van der Waals surface area contributed by atoms with Gasteiger partial charge in [-0.25, -0.2) is 9.18 Å². The van der Waals surface area contributed by atoms with Crippen LogP contribution in [0.1, 0.15) is 24.8 Å². The molecule has 1 heterocycles. The van der Waals surface area contributed by atoms with Crippen LogP contribution in [0, 0.1) is 5.82 Å². The third-order valence-electron chi connectivity index (χ3n) is 4.58. The van der Waals surface area contributed by atoms with E-state index >= 15 is 0 Å². The quantitative estimate of drug-likeness (QED) is 0.831. The standard InChI is InChI=1S/C18H28FN3O2/c1-21-10-6-5-8-16(21)13-20-18(23)22(11-12-24-2)14-15-7-3-4-9-17(15)19/h3-4,7,9,16H,5-6,8,10-14H2,1-2H3,(H,20,23)/t16-/m1/s1. The summed E-state index contributed by atoms with van der Waals surface area (Å²) in [7, 11) is 3.69. The maximum Gasteiger partial charge on any atom is 0.317 e. The number of halogens is 1. The molecule has 1 saturated heterocycles. The number of piperidine rings is 1. The minimum absolute atomic E-state index is 0.172. The molecule has 1 aliphatic heterocycles. The number of nitrogens with zero attached hydrogens (tertiary/aromatic N) is 2. The fourth-order valence-corrected chi connectivity index (χ4v) is 3.01. The Kier molecular flexibility index (Phi) is 7.46. The summed E-state index contributed by atoms with van der Waals surface area (Å²) in [5.74, 6) is -0.292. The number of carbonyl (C=O) groups excluding carboxylic acids is 1. The second-order valence-electron chi connectivity index (χ2n) is 6.32. The summed E-state index contributed by atoms with van der Waals surface area (Å²) in [4.78, 5) is 16.4. The van der Waals surface area contributed by atoms with Crippen LogP contribution in [0.3, 0.4) is 0 Å². The number of ether oxygens (including phenoxy) is 1. The number of nitrogens with one attached hydrogen (secondary N) is 1. The van der Waals surface area contributed by atoms with Gasteiger partial charge in [0.1, 0.15) is 5.82 Å². The van der Waals surface area contributed by atoms with Crippen LogP contribution >= 0.6 is 0 Å².